The quantitative estimate of drug-likeness (QED) is 0.224. The summed E-state index contributed by atoms with van der Waals surface area (Å²) < 4.78 is 8.92. The molecule has 0 radical (unpaired) electrons. The Balaban J connectivity index is 0.00000109. The zero-order valence-corrected chi connectivity index (χ0v) is 23.5. The fraction of sp³-hybridized carbons (Fsp3) is 0.414. The number of hydrogen-bond acceptors (Lipinski definition) is 7. The molecule has 3 aromatic rings. The lowest BCUT2D eigenvalue weighted by Gasteiger charge is -2.29. The van der Waals surface area contributed by atoms with Crippen LogP contribution in [0.1, 0.15) is 41.0 Å². The van der Waals surface area contributed by atoms with E-state index < -0.39 is 0 Å². The smallest absolute Gasteiger partial charge is 0.142 e. The monoisotopic (exact) mass is 509 g/mol. The zero-order chi connectivity index (χ0) is 26.3. The number of aromatic nitrogens is 1. The van der Waals surface area contributed by atoms with Crippen molar-refractivity contribution >= 4 is 29.1 Å². The van der Waals surface area contributed by atoms with Crippen LogP contribution in [0.15, 0.2) is 54.7 Å². The highest BCUT2D eigenvalue weighted by molar-refractivity contribution is 8.00. The topological polar surface area (TPSA) is 75.4 Å². The molecule has 1 aliphatic heterocycles. The largest absolute Gasteiger partial charge is 0.495 e. The summed E-state index contributed by atoms with van der Waals surface area (Å²) >= 11 is 1.67. The van der Waals surface area contributed by atoms with Gasteiger partial charge in [0.1, 0.15) is 11.6 Å². The molecule has 0 amide bonds. The van der Waals surface area contributed by atoms with Gasteiger partial charge in [0.25, 0.3) is 0 Å². The summed E-state index contributed by atoms with van der Waals surface area (Å²) in [7, 11) is 1.69. The van der Waals surface area contributed by atoms with Gasteiger partial charge in [-0.1, -0.05) is 64.8 Å². The highest BCUT2D eigenvalue weighted by atomic mass is 32.2. The fourth-order valence-electron chi connectivity index (χ4n) is 3.84. The first-order valence-electron chi connectivity index (χ1n) is 13.1. The molecule has 0 unspecified atom stereocenters. The molecular weight excluding hydrogens is 466 g/mol. The van der Waals surface area contributed by atoms with Crippen LogP contribution in [0.5, 0.6) is 5.75 Å². The second kappa shape index (κ2) is 16.0. The Bertz CT molecular complexity index is 1040. The van der Waals surface area contributed by atoms with E-state index in [2.05, 4.69) is 63.2 Å². The Morgan fingerprint density at radius 2 is 1.64 bits per heavy atom. The van der Waals surface area contributed by atoms with E-state index in [0.717, 1.165) is 72.0 Å². The van der Waals surface area contributed by atoms with Crippen molar-refractivity contribution in [3.63, 3.8) is 0 Å². The average molecular weight is 510 g/mol. The molecule has 1 aliphatic rings. The number of ether oxygens (including phenoxy) is 1. The van der Waals surface area contributed by atoms with Gasteiger partial charge in [-0.2, -0.15) is 0 Å². The molecule has 4 rings (SSSR count). The van der Waals surface area contributed by atoms with Gasteiger partial charge in [-0.15, -0.1) is 0 Å². The van der Waals surface area contributed by atoms with Crippen molar-refractivity contribution in [3.8, 4) is 28.0 Å². The second-order valence-electron chi connectivity index (χ2n) is 7.81. The Labute approximate surface area is 222 Å². The van der Waals surface area contributed by atoms with Gasteiger partial charge < -0.3 is 25.4 Å². The number of rotatable bonds is 8. The molecule has 1 saturated heterocycles. The molecule has 0 aliphatic carbocycles. The van der Waals surface area contributed by atoms with Gasteiger partial charge in [-0.05, 0) is 47.9 Å². The maximum Gasteiger partial charge on any atom is 0.142 e. The number of nitrogens with one attached hydrogen (secondary N) is 2. The van der Waals surface area contributed by atoms with E-state index in [0.29, 0.717) is 5.82 Å². The van der Waals surface area contributed by atoms with E-state index >= 15 is 0 Å². The molecule has 196 valence electrons. The SMILES string of the molecule is CC.CC.CCCSNc1cc(-c2cc(-c3ccc(N4CCNCC4)cc3)cnc2N)ccc1OC. The molecule has 7 heteroatoms. The molecule has 6 nitrogen and oxygen atoms in total. The fourth-order valence-corrected chi connectivity index (χ4v) is 4.46. The summed E-state index contributed by atoms with van der Waals surface area (Å²) in [5.41, 5.74) is 12.6. The minimum absolute atomic E-state index is 0.517. The van der Waals surface area contributed by atoms with Crippen LogP contribution in [-0.2, 0) is 0 Å². The van der Waals surface area contributed by atoms with Gasteiger partial charge in [0, 0.05) is 54.9 Å². The summed E-state index contributed by atoms with van der Waals surface area (Å²) in [4.78, 5) is 6.91. The van der Waals surface area contributed by atoms with Crippen LogP contribution in [0.3, 0.4) is 0 Å². The highest BCUT2D eigenvalue weighted by Gasteiger charge is 2.13. The van der Waals surface area contributed by atoms with Crippen LogP contribution in [-0.4, -0.2) is 44.0 Å². The molecular formula is C29H43N5OS. The van der Waals surface area contributed by atoms with Gasteiger partial charge in [0.2, 0.25) is 0 Å². The van der Waals surface area contributed by atoms with Crippen molar-refractivity contribution in [1.29, 1.82) is 0 Å². The van der Waals surface area contributed by atoms with Gasteiger partial charge in [-0.25, -0.2) is 4.98 Å². The van der Waals surface area contributed by atoms with Crippen molar-refractivity contribution in [3.05, 3.63) is 54.7 Å². The molecule has 2 heterocycles. The third-order valence-corrected chi connectivity index (χ3v) is 6.58. The summed E-state index contributed by atoms with van der Waals surface area (Å²) in [5, 5.41) is 3.40. The molecule has 0 atom stereocenters. The number of hydrogen-bond donors (Lipinski definition) is 3. The van der Waals surface area contributed by atoms with Crippen LogP contribution in [0.25, 0.3) is 22.3 Å². The summed E-state index contributed by atoms with van der Waals surface area (Å²) in [6.07, 6.45) is 2.95. The van der Waals surface area contributed by atoms with Crippen molar-refractivity contribution in [2.45, 2.75) is 41.0 Å². The summed E-state index contributed by atoms with van der Waals surface area (Å²) in [6.45, 7) is 14.3. The number of methoxy groups -OCH3 is 1. The van der Waals surface area contributed by atoms with Crippen molar-refractivity contribution in [2.24, 2.45) is 0 Å². The zero-order valence-electron chi connectivity index (χ0n) is 22.7. The van der Waals surface area contributed by atoms with Gasteiger partial charge in [-0.3, -0.25) is 0 Å². The number of pyridine rings is 1. The standard InChI is InChI=1S/C25H31N5OS.2C2H6/c1-3-14-32-29-23-16-19(6-9-24(23)31-2)22-15-20(17-28-25(22)26)18-4-7-21(8-5-18)30-12-10-27-11-13-30;2*1-2/h4-9,15-17,27,29H,3,10-14H2,1-2H3,(H2,26,28);2*1-2H3. The summed E-state index contributed by atoms with van der Waals surface area (Å²) in [5.74, 6) is 2.35. The Hall–Kier alpha value is -2.90. The average Bonchev–Trinajstić information content (AvgIpc) is 2.96. The minimum Gasteiger partial charge on any atom is -0.495 e. The lowest BCUT2D eigenvalue weighted by molar-refractivity contribution is 0.417. The van der Waals surface area contributed by atoms with Crippen LogP contribution >= 0.6 is 11.9 Å². The van der Waals surface area contributed by atoms with Crippen LogP contribution in [0.4, 0.5) is 17.2 Å². The van der Waals surface area contributed by atoms with Crippen LogP contribution in [0.2, 0.25) is 0 Å². The van der Waals surface area contributed by atoms with E-state index in [1.54, 1.807) is 19.1 Å². The molecule has 0 bridgehead atoms. The molecule has 4 N–H and O–H groups in total. The Morgan fingerprint density at radius 3 is 2.28 bits per heavy atom. The first-order chi connectivity index (χ1) is 17.7. The minimum atomic E-state index is 0.517. The third kappa shape index (κ3) is 7.80. The molecule has 2 aromatic carbocycles. The number of nitrogens with zero attached hydrogens (tertiary/aromatic N) is 2. The van der Waals surface area contributed by atoms with Crippen molar-refractivity contribution in [2.75, 3.05) is 54.4 Å². The van der Waals surface area contributed by atoms with Crippen LogP contribution < -0.4 is 25.4 Å². The molecule has 1 fully saturated rings. The van der Waals surface area contributed by atoms with E-state index in [1.807, 2.05) is 46.0 Å². The normalized spacial score (nSPS) is 12.6. The molecule has 1 aromatic heterocycles. The van der Waals surface area contributed by atoms with Gasteiger partial charge in [0.05, 0.1) is 12.8 Å². The van der Waals surface area contributed by atoms with Crippen molar-refractivity contribution < 1.29 is 4.74 Å². The molecule has 36 heavy (non-hydrogen) atoms. The first kappa shape index (κ1) is 29.3. The number of nitrogens with two attached hydrogens (primary N) is 1. The van der Waals surface area contributed by atoms with E-state index in [-0.39, 0.29) is 0 Å². The molecule has 0 spiro atoms. The van der Waals surface area contributed by atoms with Gasteiger partial charge in [0.15, 0.2) is 0 Å². The Kier molecular flexibility index (Phi) is 13.0. The lowest BCUT2D eigenvalue weighted by Crippen LogP contribution is -2.43. The third-order valence-electron chi connectivity index (χ3n) is 5.60. The predicted octanol–water partition coefficient (Wildman–Crippen LogP) is 6.94. The van der Waals surface area contributed by atoms with E-state index in [1.165, 1.54) is 5.69 Å². The number of anilines is 3. The number of benzene rings is 2. The van der Waals surface area contributed by atoms with E-state index in [4.69, 9.17) is 10.5 Å². The van der Waals surface area contributed by atoms with Gasteiger partial charge >= 0.3 is 0 Å². The second-order valence-corrected chi connectivity index (χ2v) is 8.71. The Morgan fingerprint density at radius 1 is 0.972 bits per heavy atom. The van der Waals surface area contributed by atoms with Crippen molar-refractivity contribution in [1.82, 2.24) is 10.3 Å². The highest BCUT2D eigenvalue weighted by Crippen LogP contribution is 2.36. The summed E-state index contributed by atoms with van der Waals surface area (Å²) in [6, 6.07) is 16.9. The first-order valence-corrected chi connectivity index (χ1v) is 14.1. The van der Waals surface area contributed by atoms with Crippen LogP contribution in [0, 0.1) is 0 Å². The maximum absolute atomic E-state index is 6.28. The number of nitrogen functional groups attached to an aromatic ring is 1. The van der Waals surface area contributed by atoms with E-state index in [9.17, 15) is 0 Å². The predicted molar refractivity (Wildman–Crippen MR) is 160 cm³/mol. The lowest BCUT2D eigenvalue weighted by atomic mass is 10.00. The maximum atomic E-state index is 6.28. The molecule has 0 saturated carbocycles. The number of piperazine rings is 1.